The third-order valence-corrected chi connectivity index (χ3v) is 5.14. The minimum atomic E-state index is -0.316. The van der Waals surface area contributed by atoms with E-state index in [2.05, 4.69) is 39.0 Å². The van der Waals surface area contributed by atoms with Crippen molar-refractivity contribution in [1.29, 1.82) is 0 Å². The van der Waals surface area contributed by atoms with E-state index in [1.807, 2.05) is 37.3 Å². The third kappa shape index (κ3) is 6.28. The molecule has 0 amide bonds. The first kappa shape index (κ1) is 21.8. The summed E-state index contributed by atoms with van der Waals surface area (Å²) in [6.07, 6.45) is 6.12. The molecule has 1 aromatic rings. The van der Waals surface area contributed by atoms with Crippen molar-refractivity contribution in [3.8, 4) is 0 Å². The van der Waals surface area contributed by atoms with Crippen LogP contribution in [0.4, 0.5) is 0 Å². The van der Waals surface area contributed by atoms with Gasteiger partial charge in [0.15, 0.2) is 6.29 Å². The van der Waals surface area contributed by atoms with Crippen LogP contribution in [-0.4, -0.2) is 37.6 Å². The lowest BCUT2D eigenvalue weighted by atomic mass is 9.92. The Morgan fingerprint density at radius 3 is 2.63 bits per heavy atom. The SMILES string of the molecule is CO[C@H]([C@@H](C)/C=C(C)/C=C/[C@@H]1OC(c2ccccc2)OC[C@H]1C)[C@@H](C)CO. The summed E-state index contributed by atoms with van der Waals surface area (Å²) < 4.78 is 17.6. The predicted octanol–water partition coefficient (Wildman–Crippen LogP) is 4.52. The highest BCUT2D eigenvalue weighted by Gasteiger charge is 2.28. The van der Waals surface area contributed by atoms with E-state index in [0.29, 0.717) is 12.5 Å². The van der Waals surface area contributed by atoms with Gasteiger partial charge in [0.05, 0.1) is 18.8 Å². The summed E-state index contributed by atoms with van der Waals surface area (Å²) in [6, 6.07) is 10.0. The fourth-order valence-corrected chi connectivity index (χ4v) is 3.55. The zero-order valence-corrected chi connectivity index (χ0v) is 17.2. The molecule has 1 aliphatic rings. The van der Waals surface area contributed by atoms with Crippen molar-refractivity contribution in [2.75, 3.05) is 20.3 Å². The predicted molar refractivity (Wildman–Crippen MR) is 108 cm³/mol. The van der Waals surface area contributed by atoms with Crippen LogP contribution in [0, 0.1) is 17.8 Å². The zero-order chi connectivity index (χ0) is 19.8. The molecule has 0 spiro atoms. The van der Waals surface area contributed by atoms with Gasteiger partial charge in [0.2, 0.25) is 0 Å². The summed E-state index contributed by atoms with van der Waals surface area (Å²) >= 11 is 0. The summed E-state index contributed by atoms with van der Waals surface area (Å²) in [7, 11) is 1.70. The monoisotopic (exact) mass is 374 g/mol. The lowest BCUT2D eigenvalue weighted by Crippen LogP contribution is -2.33. The second kappa shape index (κ2) is 10.8. The van der Waals surface area contributed by atoms with Crippen molar-refractivity contribution in [3.05, 3.63) is 59.7 Å². The number of aliphatic hydroxyl groups excluding tert-OH is 1. The summed E-state index contributed by atoms with van der Waals surface area (Å²) in [5, 5.41) is 9.40. The Balaban J connectivity index is 2.01. The second-order valence-corrected chi connectivity index (χ2v) is 7.64. The highest BCUT2D eigenvalue weighted by molar-refractivity contribution is 5.20. The first-order chi connectivity index (χ1) is 13.0. The largest absolute Gasteiger partial charge is 0.396 e. The Hall–Kier alpha value is -1.46. The first-order valence-corrected chi connectivity index (χ1v) is 9.78. The van der Waals surface area contributed by atoms with E-state index >= 15 is 0 Å². The topological polar surface area (TPSA) is 47.9 Å². The van der Waals surface area contributed by atoms with E-state index in [0.717, 1.165) is 11.1 Å². The smallest absolute Gasteiger partial charge is 0.184 e. The van der Waals surface area contributed by atoms with Crippen LogP contribution in [0.1, 0.15) is 39.5 Å². The van der Waals surface area contributed by atoms with Crippen LogP contribution in [0.5, 0.6) is 0 Å². The number of ether oxygens (including phenoxy) is 3. The van der Waals surface area contributed by atoms with Gasteiger partial charge >= 0.3 is 0 Å². The van der Waals surface area contributed by atoms with Gasteiger partial charge in [0.25, 0.3) is 0 Å². The van der Waals surface area contributed by atoms with Crippen molar-refractivity contribution in [2.45, 2.75) is 46.2 Å². The molecule has 27 heavy (non-hydrogen) atoms. The van der Waals surface area contributed by atoms with Crippen LogP contribution in [0.2, 0.25) is 0 Å². The van der Waals surface area contributed by atoms with Crippen molar-refractivity contribution in [2.24, 2.45) is 17.8 Å². The Morgan fingerprint density at radius 1 is 1.30 bits per heavy atom. The molecular formula is C23H34O4. The van der Waals surface area contributed by atoms with Crippen LogP contribution in [0.25, 0.3) is 0 Å². The fraction of sp³-hybridized carbons (Fsp3) is 0.565. The molecule has 1 aliphatic heterocycles. The van der Waals surface area contributed by atoms with E-state index in [-0.39, 0.29) is 36.9 Å². The van der Waals surface area contributed by atoms with Gasteiger partial charge in [-0.25, -0.2) is 0 Å². The molecule has 0 aromatic heterocycles. The minimum absolute atomic E-state index is 0.000866. The number of methoxy groups -OCH3 is 1. The van der Waals surface area contributed by atoms with Gasteiger partial charge in [0, 0.05) is 37.0 Å². The fourth-order valence-electron chi connectivity index (χ4n) is 3.55. The Bertz CT molecular complexity index is 610. The van der Waals surface area contributed by atoms with E-state index in [4.69, 9.17) is 14.2 Å². The number of allylic oxidation sites excluding steroid dienone is 2. The molecule has 1 heterocycles. The number of benzene rings is 1. The maximum atomic E-state index is 9.40. The molecular weight excluding hydrogens is 340 g/mol. The molecule has 0 radical (unpaired) electrons. The number of rotatable bonds is 8. The van der Waals surface area contributed by atoms with Crippen molar-refractivity contribution >= 4 is 0 Å². The van der Waals surface area contributed by atoms with Gasteiger partial charge < -0.3 is 19.3 Å². The molecule has 150 valence electrons. The summed E-state index contributed by atoms with van der Waals surface area (Å²) in [6.45, 7) is 9.15. The average Bonchev–Trinajstić information content (AvgIpc) is 2.68. The van der Waals surface area contributed by atoms with Crippen LogP contribution < -0.4 is 0 Å². The van der Waals surface area contributed by atoms with Gasteiger partial charge in [-0.05, 0) is 6.92 Å². The first-order valence-electron chi connectivity index (χ1n) is 9.78. The molecule has 0 bridgehead atoms. The highest BCUT2D eigenvalue weighted by atomic mass is 16.7. The lowest BCUT2D eigenvalue weighted by Gasteiger charge is -2.33. The summed E-state index contributed by atoms with van der Waals surface area (Å²) in [5.41, 5.74) is 2.21. The second-order valence-electron chi connectivity index (χ2n) is 7.64. The Labute approximate surface area is 163 Å². The van der Waals surface area contributed by atoms with Crippen molar-refractivity contribution in [1.82, 2.24) is 0 Å². The van der Waals surface area contributed by atoms with Gasteiger partial charge in [-0.3, -0.25) is 0 Å². The van der Waals surface area contributed by atoms with E-state index in [1.165, 1.54) is 0 Å². The number of hydrogen-bond donors (Lipinski definition) is 1. The van der Waals surface area contributed by atoms with Crippen LogP contribution in [-0.2, 0) is 14.2 Å². The summed E-state index contributed by atoms with van der Waals surface area (Å²) in [4.78, 5) is 0. The van der Waals surface area contributed by atoms with Crippen LogP contribution in [0.3, 0.4) is 0 Å². The minimum Gasteiger partial charge on any atom is -0.396 e. The molecule has 1 N–H and O–H groups in total. The normalized spacial score (nSPS) is 27.5. The molecule has 4 heteroatoms. The molecule has 4 nitrogen and oxygen atoms in total. The van der Waals surface area contributed by atoms with Gasteiger partial charge in [-0.15, -0.1) is 0 Å². The van der Waals surface area contributed by atoms with E-state index < -0.39 is 0 Å². The molecule has 6 atom stereocenters. The maximum Gasteiger partial charge on any atom is 0.184 e. The van der Waals surface area contributed by atoms with Gasteiger partial charge in [0.1, 0.15) is 0 Å². The Morgan fingerprint density at radius 2 is 2.00 bits per heavy atom. The molecule has 1 unspecified atom stereocenters. The molecule has 0 aliphatic carbocycles. The number of hydrogen-bond acceptors (Lipinski definition) is 4. The number of aliphatic hydroxyl groups is 1. The molecule has 1 aromatic carbocycles. The summed E-state index contributed by atoms with van der Waals surface area (Å²) in [5.74, 6) is 0.614. The van der Waals surface area contributed by atoms with Crippen LogP contribution >= 0.6 is 0 Å². The van der Waals surface area contributed by atoms with Crippen molar-refractivity contribution in [3.63, 3.8) is 0 Å². The molecule has 1 fully saturated rings. The van der Waals surface area contributed by atoms with Gasteiger partial charge in [-0.2, -0.15) is 0 Å². The van der Waals surface area contributed by atoms with Crippen molar-refractivity contribution < 1.29 is 19.3 Å². The van der Waals surface area contributed by atoms with E-state index in [9.17, 15) is 5.11 Å². The van der Waals surface area contributed by atoms with E-state index in [1.54, 1.807) is 7.11 Å². The van der Waals surface area contributed by atoms with Crippen LogP contribution in [0.15, 0.2) is 54.1 Å². The third-order valence-electron chi connectivity index (χ3n) is 5.14. The Kier molecular flexibility index (Phi) is 8.71. The molecule has 2 rings (SSSR count). The molecule has 1 saturated heterocycles. The maximum absolute atomic E-state index is 9.40. The quantitative estimate of drug-likeness (QED) is 0.680. The average molecular weight is 375 g/mol. The zero-order valence-electron chi connectivity index (χ0n) is 17.2. The highest BCUT2D eigenvalue weighted by Crippen LogP contribution is 2.30. The lowest BCUT2D eigenvalue weighted by molar-refractivity contribution is -0.225. The standard InChI is InChI=1S/C23H34O4/c1-16(13-17(2)22(25-5)18(3)14-24)11-12-21-19(4)15-26-23(27-21)20-9-7-6-8-10-20/h6-13,17-19,21-24H,14-15H2,1-5H3/b12-11+,16-13+/t17-,18-,19+,21-,22+,23?/m0/s1. The van der Waals surface area contributed by atoms with Gasteiger partial charge in [-0.1, -0.05) is 74.9 Å². The molecule has 0 saturated carbocycles.